The zero-order valence-electron chi connectivity index (χ0n) is 14.2. The fraction of sp³-hybridized carbons (Fsp3) is 0.471. The van der Waals surface area contributed by atoms with Crippen molar-refractivity contribution in [1.82, 2.24) is 14.5 Å². The summed E-state index contributed by atoms with van der Waals surface area (Å²) in [6.45, 7) is 5.94. The molecule has 0 aliphatic rings. The summed E-state index contributed by atoms with van der Waals surface area (Å²) < 4.78 is 2.97. The molecule has 2 aromatic rings. The molecule has 24 heavy (non-hydrogen) atoms. The van der Waals surface area contributed by atoms with Crippen LogP contribution in [-0.4, -0.2) is 32.2 Å². The van der Waals surface area contributed by atoms with Crippen LogP contribution in [-0.2, 0) is 22.7 Å². The lowest BCUT2D eigenvalue weighted by molar-refractivity contribution is -0.142. The summed E-state index contributed by atoms with van der Waals surface area (Å²) in [7, 11) is 0. The van der Waals surface area contributed by atoms with Crippen molar-refractivity contribution in [2.24, 2.45) is 5.92 Å². The molecule has 0 aliphatic carbocycles. The van der Waals surface area contributed by atoms with Gasteiger partial charge in [0.05, 0.1) is 11.0 Å². The van der Waals surface area contributed by atoms with Crippen LogP contribution in [0.4, 0.5) is 0 Å². The molecule has 2 rings (SSSR count). The largest absolute Gasteiger partial charge is 0.480 e. The predicted molar refractivity (Wildman–Crippen MR) is 90.9 cm³/mol. The lowest BCUT2D eigenvalue weighted by atomic mass is 10.0. The van der Waals surface area contributed by atoms with Gasteiger partial charge in [-0.15, -0.1) is 0 Å². The summed E-state index contributed by atoms with van der Waals surface area (Å²) in [6.07, 6.45) is 0.340. The molecule has 130 valence electrons. The van der Waals surface area contributed by atoms with Gasteiger partial charge in [-0.2, -0.15) is 0 Å². The first kappa shape index (κ1) is 17.8. The van der Waals surface area contributed by atoms with Crippen molar-refractivity contribution >= 4 is 22.9 Å². The highest BCUT2D eigenvalue weighted by Gasteiger charge is 2.22. The van der Waals surface area contributed by atoms with Gasteiger partial charge < -0.3 is 10.4 Å². The molecule has 0 saturated carbocycles. The highest BCUT2D eigenvalue weighted by atomic mass is 16.4. The summed E-state index contributed by atoms with van der Waals surface area (Å²) >= 11 is 0. The second-order valence-corrected chi connectivity index (χ2v) is 6.19. The predicted octanol–water partition coefficient (Wildman–Crippen LogP) is 1.44. The first-order chi connectivity index (χ1) is 11.3. The maximum atomic E-state index is 12.5. The topological polar surface area (TPSA) is 93.3 Å². The van der Waals surface area contributed by atoms with Crippen LogP contribution in [0.3, 0.4) is 0 Å². The van der Waals surface area contributed by atoms with E-state index in [2.05, 4.69) is 5.32 Å². The smallest absolute Gasteiger partial charge is 0.329 e. The molecule has 7 nitrogen and oxygen atoms in total. The molecule has 1 aromatic heterocycles. The number of benzene rings is 1. The Balaban J connectivity index is 2.26. The van der Waals surface area contributed by atoms with Gasteiger partial charge in [0.25, 0.3) is 0 Å². The van der Waals surface area contributed by atoms with Crippen molar-refractivity contribution in [3.8, 4) is 0 Å². The summed E-state index contributed by atoms with van der Waals surface area (Å²) in [5.74, 6) is -1.42. The molecule has 0 bridgehead atoms. The number of aliphatic carboxylic acids is 1. The summed E-state index contributed by atoms with van der Waals surface area (Å²) in [6, 6.07) is 6.29. The monoisotopic (exact) mass is 333 g/mol. The first-order valence-electron chi connectivity index (χ1n) is 8.05. The highest BCUT2D eigenvalue weighted by Crippen LogP contribution is 2.12. The molecule has 1 heterocycles. The molecule has 1 aromatic carbocycles. The zero-order valence-corrected chi connectivity index (χ0v) is 14.2. The van der Waals surface area contributed by atoms with Gasteiger partial charge in [0.2, 0.25) is 5.91 Å². The quantitative estimate of drug-likeness (QED) is 0.802. The fourth-order valence-electron chi connectivity index (χ4n) is 2.81. The Bertz CT molecular complexity index is 804. The van der Waals surface area contributed by atoms with E-state index in [1.807, 2.05) is 32.9 Å². The Morgan fingerprint density at radius 2 is 1.75 bits per heavy atom. The molecular formula is C17H23N3O4. The van der Waals surface area contributed by atoms with Crippen molar-refractivity contribution in [3.05, 3.63) is 34.7 Å². The Kier molecular flexibility index (Phi) is 5.43. The number of rotatable bonds is 7. The number of fused-ring (bicyclic) bond motifs is 1. The molecular weight excluding hydrogens is 310 g/mol. The molecule has 0 aliphatic heterocycles. The van der Waals surface area contributed by atoms with Crippen LogP contribution < -0.4 is 11.0 Å². The van der Waals surface area contributed by atoms with Crippen molar-refractivity contribution in [2.45, 2.75) is 46.3 Å². The van der Waals surface area contributed by atoms with E-state index in [0.717, 1.165) is 5.52 Å². The fourth-order valence-corrected chi connectivity index (χ4v) is 2.81. The Hall–Kier alpha value is -2.57. The minimum Gasteiger partial charge on any atom is -0.480 e. The number of carbonyl (C=O) groups excluding carboxylic acids is 1. The molecule has 1 amide bonds. The van der Waals surface area contributed by atoms with Crippen molar-refractivity contribution < 1.29 is 14.7 Å². The van der Waals surface area contributed by atoms with Gasteiger partial charge in [0.15, 0.2) is 0 Å². The van der Waals surface area contributed by atoms with Crippen LogP contribution in [0.1, 0.15) is 27.2 Å². The number of para-hydroxylation sites is 2. The normalized spacial score (nSPS) is 12.5. The van der Waals surface area contributed by atoms with Gasteiger partial charge in [-0.1, -0.05) is 26.0 Å². The number of amides is 1. The van der Waals surface area contributed by atoms with E-state index in [1.165, 1.54) is 4.57 Å². The maximum Gasteiger partial charge on any atom is 0.329 e. The summed E-state index contributed by atoms with van der Waals surface area (Å²) in [5, 5.41) is 11.7. The molecule has 0 spiro atoms. The highest BCUT2D eigenvalue weighted by molar-refractivity contribution is 5.85. The lowest BCUT2D eigenvalue weighted by Crippen LogP contribution is -2.44. The van der Waals surface area contributed by atoms with Crippen LogP contribution in [0.5, 0.6) is 0 Å². The van der Waals surface area contributed by atoms with Crippen LogP contribution in [0.25, 0.3) is 11.0 Å². The molecule has 1 atom stereocenters. The lowest BCUT2D eigenvalue weighted by Gasteiger charge is -2.16. The Morgan fingerprint density at radius 1 is 1.17 bits per heavy atom. The first-order valence-corrected chi connectivity index (χ1v) is 8.05. The molecule has 0 radical (unpaired) electrons. The number of nitrogens with one attached hydrogen (secondary N) is 1. The van der Waals surface area contributed by atoms with E-state index >= 15 is 0 Å². The summed E-state index contributed by atoms with van der Waals surface area (Å²) in [5.41, 5.74) is 1.15. The third-order valence-electron chi connectivity index (χ3n) is 3.88. The standard InChI is InChI=1S/C17H23N3O4/c1-4-19-13-7-5-6-8-14(13)20(17(19)24)10-15(21)18-12(16(22)23)9-11(2)3/h5-8,11-12H,4,9-10H2,1-3H3,(H,18,21)(H,22,23)/t12-/m1/s1. The van der Waals surface area contributed by atoms with Crippen LogP contribution in [0.2, 0.25) is 0 Å². The maximum absolute atomic E-state index is 12.5. The second-order valence-electron chi connectivity index (χ2n) is 6.19. The van der Waals surface area contributed by atoms with Gasteiger partial charge in [-0.05, 0) is 31.4 Å². The van der Waals surface area contributed by atoms with Crippen molar-refractivity contribution in [2.75, 3.05) is 0 Å². The Morgan fingerprint density at radius 3 is 2.25 bits per heavy atom. The number of imidazole rings is 1. The third kappa shape index (κ3) is 3.67. The van der Waals surface area contributed by atoms with E-state index in [9.17, 15) is 19.5 Å². The number of aryl methyl sites for hydroxylation is 1. The zero-order chi connectivity index (χ0) is 17.9. The van der Waals surface area contributed by atoms with Crippen molar-refractivity contribution in [1.29, 1.82) is 0 Å². The number of nitrogens with zero attached hydrogens (tertiary/aromatic N) is 2. The van der Waals surface area contributed by atoms with E-state index in [4.69, 9.17) is 0 Å². The molecule has 0 unspecified atom stereocenters. The molecule has 2 N–H and O–H groups in total. The van der Waals surface area contributed by atoms with Gasteiger partial charge in [-0.3, -0.25) is 13.9 Å². The number of carbonyl (C=O) groups is 2. The average molecular weight is 333 g/mol. The van der Waals surface area contributed by atoms with E-state index < -0.39 is 17.9 Å². The number of carboxylic acid groups (broad SMARTS) is 1. The average Bonchev–Trinajstić information content (AvgIpc) is 2.78. The van der Waals surface area contributed by atoms with Gasteiger partial charge in [0, 0.05) is 6.54 Å². The SMILES string of the molecule is CCn1c(=O)n(CC(=O)N[C@H](CC(C)C)C(=O)O)c2ccccc21. The molecule has 0 saturated heterocycles. The minimum absolute atomic E-state index is 0.135. The molecule has 0 fully saturated rings. The van der Waals surface area contributed by atoms with E-state index in [1.54, 1.807) is 16.7 Å². The van der Waals surface area contributed by atoms with E-state index in [-0.39, 0.29) is 18.2 Å². The van der Waals surface area contributed by atoms with Crippen molar-refractivity contribution in [3.63, 3.8) is 0 Å². The summed E-state index contributed by atoms with van der Waals surface area (Å²) in [4.78, 5) is 36.0. The number of carboxylic acids is 1. The van der Waals surface area contributed by atoms with Crippen LogP contribution in [0, 0.1) is 5.92 Å². The minimum atomic E-state index is -1.07. The number of hydrogen-bond acceptors (Lipinski definition) is 3. The van der Waals surface area contributed by atoms with Gasteiger partial charge in [-0.25, -0.2) is 9.59 Å². The second kappa shape index (κ2) is 7.33. The number of hydrogen-bond donors (Lipinski definition) is 2. The van der Waals surface area contributed by atoms with Crippen LogP contribution in [0.15, 0.2) is 29.1 Å². The van der Waals surface area contributed by atoms with E-state index in [0.29, 0.717) is 18.5 Å². The third-order valence-corrected chi connectivity index (χ3v) is 3.88. The molecule has 7 heteroatoms. The Labute approximate surface area is 139 Å². The van der Waals surface area contributed by atoms with Crippen LogP contribution >= 0.6 is 0 Å². The number of aromatic nitrogens is 2. The van der Waals surface area contributed by atoms with Gasteiger partial charge >= 0.3 is 11.7 Å². The van der Waals surface area contributed by atoms with Gasteiger partial charge in [0.1, 0.15) is 12.6 Å².